The van der Waals surface area contributed by atoms with Gasteiger partial charge < -0.3 is 15.5 Å². The van der Waals surface area contributed by atoms with Gasteiger partial charge in [0.1, 0.15) is 10.7 Å². The van der Waals surface area contributed by atoms with Crippen LogP contribution in [0.3, 0.4) is 0 Å². The number of rotatable bonds is 6. The molecule has 0 amide bonds. The Labute approximate surface area is 205 Å². The molecule has 2 atom stereocenters. The van der Waals surface area contributed by atoms with Gasteiger partial charge in [-0.3, -0.25) is 4.99 Å². The Hall–Kier alpha value is -2.65. The summed E-state index contributed by atoms with van der Waals surface area (Å²) < 4.78 is 41.3. The molecule has 2 aromatic carbocycles. The third-order valence-electron chi connectivity index (χ3n) is 7.81. The number of phenolic OH excluding ortho intramolecular Hbond substituents is 2. The number of hydrogen-bond donors (Lipinski definition) is 4. The second kappa shape index (κ2) is 9.78. The van der Waals surface area contributed by atoms with Gasteiger partial charge in [0.05, 0.1) is 5.84 Å². The summed E-state index contributed by atoms with van der Waals surface area (Å²) in [7, 11) is -3.85. The van der Waals surface area contributed by atoms with Crippen LogP contribution in [0.25, 0.3) is 0 Å². The first-order valence-electron chi connectivity index (χ1n) is 12.4. The number of aliphatic imine (C=N–C) groups is 1. The summed E-state index contributed by atoms with van der Waals surface area (Å²) >= 11 is 0. The number of amidine groups is 1. The number of fused-ring (bicyclic) bond motifs is 3. The van der Waals surface area contributed by atoms with Gasteiger partial charge in [-0.25, -0.2) is 17.5 Å². The van der Waals surface area contributed by atoms with Crippen LogP contribution < -0.4 is 10.0 Å². The summed E-state index contributed by atoms with van der Waals surface area (Å²) in [6.45, 7) is 1.08. The van der Waals surface area contributed by atoms with E-state index >= 15 is 0 Å². The molecule has 1 aliphatic heterocycles. The Kier molecular flexibility index (Phi) is 6.72. The van der Waals surface area contributed by atoms with Crippen LogP contribution in [0.15, 0.2) is 46.3 Å². The topological polar surface area (TPSA) is 111 Å². The zero-order chi connectivity index (χ0) is 24.6. The number of halogens is 1. The van der Waals surface area contributed by atoms with Crippen molar-refractivity contribution in [1.82, 2.24) is 10.0 Å². The molecule has 9 heteroatoms. The molecule has 0 aromatic heterocycles. The first-order chi connectivity index (χ1) is 16.8. The van der Waals surface area contributed by atoms with Crippen LogP contribution in [-0.4, -0.2) is 43.6 Å². The molecular weight excluding hydrogens is 469 g/mol. The van der Waals surface area contributed by atoms with Gasteiger partial charge in [0.15, 0.2) is 11.5 Å². The Morgan fingerprint density at radius 3 is 2.51 bits per heavy atom. The highest BCUT2D eigenvalue weighted by Crippen LogP contribution is 2.42. The molecule has 35 heavy (non-hydrogen) atoms. The molecule has 1 saturated heterocycles. The third kappa shape index (κ3) is 5.16. The monoisotopic (exact) mass is 501 g/mol. The van der Waals surface area contributed by atoms with E-state index in [1.165, 1.54) is 18.2 Å². The average molecular weight is 502 g/mol. The summed E-state index contributed by atoms with van der Waals surface area (Å²) in [4.78, 5) is 4.58. The van der Waals surface area contributed by atoms with Crippen molar-refractivity contribution in [2.45, 2.75) is 61.8 Å². The zero-order valence-corrected chi connectivity index (χ0v) is 20.4. The predicted molar refractivity (Wildman–Crippen MR) is 132 cm³/mol. The van der Waals surface area contributed by atoms with E-state index in [2.05, 4.69) is 10.0 Å². The maximum absolute atomic E-state index is 13.9. The first-order valence-corrected chi connectivity index (χ1v) is 13.9. The molecule has 1 saturated carbocycles. The lowest BCUT2D eigenvalue weighted by Gasteiger charge is -2.28. The molecule has 1 heterocycles. The number of hydrogen-bond acceptors (Lipinski definition) is 5. The van der Waals surface area contributed by atoms with Crippen LogP contribution in [-0.2, 0) is 16.4 Å². The van der Waals surface area contributed by atoms with E-state index in [0.29, 0.717) is 18.5 Å². The van der Waals surface area contributed by atoms with Crippen molar-refractivity contribution in [2.75, 3.05) is 13.1 Å². The molecule has 2 aromatic rings. The van der Waals surface area contributed by atoms with Crippen molar-refractivity contribution in [3.63, 3.8) is 0 Å². The van der Waals surface area contributed by atoms with E-state index in [-0.39, 0.29) is 28.2 Å². The van der Waals surface area contributed by atoms with Crippen molar-refractivity contribution < 1.29 is 23.0 Å². The van der Waals surface area contributed by atoms with E-state index in [1.807, 2.05) is 0 Å². The maximum Gasteiger partial charge on any atom is 0.243 e. The van der Waals surface area contributed by atoms with E-state index in [0.717, 1.165) is 74.5 Å². The molecule has 2 unspecified atom stereocenters. The lowest BCUT2D eigenvalue weighted by atomic mass is 9.79. The Morgan fingerprint density at radius 1 is 1.03 bits per heavy atom. The van der Waals surface area contributed by atoms with E-state index in [4.69, 9.17) is 4.99 Å². The molecule has 5 rings (SSSR count). The van der Waals surface area contributed by atoms with Gasteiger partial charge in [0, 0.05) is 31.5 Å². The second-order valence-corrected chi connectivity index (χ2v) is 11.8. The van der Waals surface area contributed by atoms with Gasteiger partial charge in [-0.1, -0.05) is 12.1 Å². The zero-order valence-electron chi connectivity index (χ0n) is 19.6. The lowest BCUT2D eigenvalue weighted by Crippen LogP contribution is -2.33. The number of nitrogens with zero attached hydrogens (tertiary/aromatic N) is 1. The van der Waals surface area contributed by atoms with Gasteiger partial charge in [-0.15, -0.1) is 0 Å². The molecule has 188 valence electrons. The van der Waals surface area contributed by atoms with E-state index < -0.39 is 15.8 Å². The van der Waals surface area contributed by atoms with Gasteiger partial charge >= 0.3 is 0 Å². The molecule has 7 nitrogen and oxygen atoms in total. The number of phenols is 2. The molecule has 3 aliphatic rings. The largest absolute Gasteiger partial charge is 0.504 e. The molecule has 0 radical (unpaired) electrons. The number of benzene rings is 2. The normalized spacial score (nSPS) is 27.3. The minimum atomic E-state index is -3.85. The first kappa shape index (κ1) is 24.1. The summed E-state index contributed by atoms with van der Waals surface area (Å²) in [6, 6.07) is 9.13. The molecule has 4 N–H and O–H groups in total. The van der Waals surface area contributed by atoms with Crippen LogP contribution >= 0.6 is 0 Å². The summed E-state index contributed by atoms with van der Waals surface area (Å²) in [5, 5.41) is 23.3. The average Bonchev–Trinajstić information content (AvgIpc) is 3.27. The number of aryl methyl sites for hydroxylation is 1. The molecular formula is C26H32FN3O4S. The smallest absolute Gasteiger partial charge is 0.243 e. The molecule has 2 aliphatic carbocycles. The van der Waals surface area contributed by atoms with Crippen LogP contribution in [0.1, 0.15) is 55.6 Å². The Bertz CT molecular complexity index is 1230. The van der Waals surface area contributed by atoms with Crippen molar-refractivity contribution in [2.24, 2.45) is 16.8 Å². The highest BCUT2D eigenvalue weighted by Gasteiger charge is 2.37. The minimum Gasteiger partial charge on any atom is -0.504 e. The number of aromatic hydroxyl groups is 2. The minimum absolute atomic E-state index is 0.0577. The number of nitrogens with one attached hydrogen (secondary N) is 2. The van der Waals surface area contributed by atoms with Gasteiger partial charge in [-0.2, -0.15) is 0 Å². The second-order valence-electron chi connectivity index (χ2n) is 10.1. The van der Waals surface area contributed by atoms with Crippen LogP contribution in [0, 0.1) is 17.7 Å². The molecule has 2 fully saturated rings. The quantitative estimate of drug-likeness (QED) is 0.450. The highest BCUT2D eigenvalue weighted by molar-refractivity contribution is 7.89. The maximum atomic E-state index is 13.9. The summed E-state index contributed by atoms with van der Waals surface area (Å²) in [5.74, 6) is 1.14. The van der Waals surface area contributed by atoms with Gasteiger partial charge in [-0.05, 0) is 85.8 Å². The van der Waals surface area contributed by atoms with Gasteiger partial charge in [0.25, 0.3) is 0 Å². The fraction of sp³-hybridized carbons (Fsp3) is 0.500. The summed E-state index contributed by atoms with van der Waals surface area (Å²) in [5.41, 5.74) is 2.21. The lowest BCUT2D eigenvalue weighted by molar-refractivity contribution is 0.280. The van der Waals surface area contributed by atoms with Crippen molar-refractivity contribution in [1.29, 1.82) is 0 Å². The van der Waals surface area contributed by atoms with Crippen LogP contribution in [0.2, 0.25) is 0 Å². The molecule has 0 bridgehead atoms. The van der Waals surface area contributed by atoms with Crippen molar-refractivity contribution >= 4 is 15.9 Å². The van der Waals surface area contributed by atoms with Crippen LogP contribution in [0.5, 0.6) is 11.5 Å². The van der Waals surface area contributed by atoms with Crippen LogP contribution in [0.4, 0.5) is 4.39 Å². The standard InChI is InChI=1S/C26H32FN3O4S/c27-21-3-1-2-4-25(21)35(33,34)29-15-17-7-5-16(6-8-17)14-28-26-13-20-19-12-24(32)23(31)11-18(19)9-10-22(20)30-26/h1-4,11-12,16-17,20,22,29,31-32H,5-10,13-15H2,(H,28,30). The Balaban J connectivity index is 1.11. The predicted octanol–water partition coefficient (Wildman–Crippen LogP) is 3.81. The third-order valence-corrected chi connectivity index (χ3v) is 9.26. The van der Waals surface area contributed by atoms with Crippen molar-refractivity contribution in [3.05, 3.63) is 53.3 Å². The van der Waals surface area contributed by atoms with Gasteiger partial charge in [0.2, 0.25) is 10.0 Å². The highest BCUT2D eigenvalue weighted by atomic mass is 32.2. The molecule has 0 spiro atoms. The fourth-order valence-corrected chi connectivity index (χ4v) is 6.96. The van der Waals surface area contributed by atoms with E-state index in [9.17, 15) is 23.0 Å². The fourth-order valence-electron chi connectivity index (χ4n) is 5.77. The van der Waals surface area contributed by atoms with Crippen molar-refractivity contribution in [3.8, 4) is 11.5 Å². The number of sulfonamides is 1. The SMILES string of the molecule is O=S(=O)(NCC1CCC(CN=C2CC3c4cc(O)c(O)cc4CCC3N2)CC1)c1ccccc1F. The van der Waals surface area contributed by atoms with E-state index in [1.54, 1.807) is 12.1 Å². The summed E-state index contributed by atoms with van der Waals surface area (Å²) in [6.07, 6.45) is 6.49. The Morgan fingerprint density at radius 2 is 1.74 bits per heavy atom.